The van der Waals surface area contributed by atoms with Crippen LogP contribution in [0.2, 0.25) is 0 Å². The summed E-state index contributed by atoms with van der Waals surface area (Å²) in [5.74, 6) is 0.663. The summed E-state index contributed by atoms with van der Waals surface area (Å²) >= 11 is 0. The van der Waals surface area contributed by atoms with E-state index < -0.39 is 0 Å². The Morgan fingerprint density at radius 1 is 1.20 bits per heavy atom. The van der Waals surface area contributed by atoms with Gasteiger partial charge in [-0.15, -0.1) is 0 Å². The Morgan fingerprint density at radius 3 is 2.65 bits per heavy atom. The summed E-state index contributed by atoms with van der Waals surface area (Å²) < 4.78 is 13.0. The number of aromatic nitrogens is 1. The molecule has 1 N–H and O–H groups in total. The van der Waals surface area contributed by atoms with Crippen LogP contribution in [-0.2, 0) is 6.54 Å². The topological polar surface area (TPSA) is 28.2 Å². The molecule has 0 radical (unpaired) electrons. The van der Waals surface area contributed by atoms with Crippen LogP contribution in [0.1, 0.15) is 18.9 Å². The standard InChI is InChI=1S/C16H20FN3/c1-3-10-18-12-13-5-4-11-19-16(13)20(2)15-8-6-14(17)7-9-15/h4-9,11,18H,3,10,12H2,1-2H3. The third-order valence-electron chi connectivity index (χ3n) is 3.14. The van der Waals surface area contributed by atoms with Crippen molar-refractivity contribution in [3.05, 3.63) is 54.0 Å². The van der Waals surface area contributed by atoms with Gasteiger partial charge in [-0.25, -0.2) is 9.37 Å². The zero-order valence-corrected chi connectivity index (χ0v) is 11.9. The van der Waals surface area contributed by atoms with Crippen molar-refractivity contribution in [1.29, 1.82) is 0 Å². The maximum absolute atomic E-state index is 13.0. The molecule has 0 spiro atoms. The molecule has 0 aliphatic rings. The van der Waals surface area contributed by atoms with Gasteiger partial charge in [0.2, 0.25) is 0 Å². The van der Waals surface area contributed by atoms with Crippen molar-refractivity contribution < 1.29 is 4.39 Å². The highest BCUT2D eigenvalue weighted by molar-refractivity contribution is 5.61. The average Bonchev–Trinajstić information content (AvgIpc) is 2.48. The summed E-state index contributed by atoms with van der Waals surface area (Å²) in [5.41, 5.74) is 2.05. The lowest BCUT2D eigenvalue weighted by Crippen LogP contribution is -2.19. The van der Waals surface area contributed by atoms with E-state index >= 15 is 0 Å². The van der Waals surface area contributed by atoms with Gasteiger partial charge >= 0.3 is 0 Å². The van der Waals surface area contributed by atoms with Gasteiger partial charge in [0.1, 0.15) is 11.6 Å². The third-order valence-corrected chi connectivity index (χ3v) is 3.14. The van der Waals surface area contributed by atoms with E-state index in [9.17, 15) is 4.39 Å². The first kappa shape index (κ1) is 14.5. The lowest BCUT2D eigenvalue weighted by atomic mass is 10.2. The van der Waals surface area contributed by atoms with Crippen molar-refractivity contribution >= 4 is 11.5 Å². The first-order valence-electron chi connectivity index (χ1n) is 6.86. The molecular weight excluding hydrogens is 253 g/mol. The van der Waals surface area contributed by atoms with E-state index in [-0.39, 0.29) is 5.82 Å². The second-order valence-electron chi connectivity index (χ2n) is 4.70. The van der Waals surface area contributed by atoms with E-state index in [2.05, 4.69) is 23.3 Å². The van der Waals surface area contributed by atoms with Gasteiger partial charge in [-0.2, -0.15) is 0 Å². The van der Waals surface area contributed by atoms with E-state index in [4.69, 9.17) is 0 Å². The fourth-order valence-corrected chi connectivity index (χ4v) is 2.06. The molecule has 0 amide bonds. The molecule has 0 saturated carbocycles. The quantitative estimate of drug-likeness (QED) is 0.817. The van der Waals surface area contributed by atoms with E-state index in [0.717, 1.165) is 36.6 Å². The van der Waals surface area contributed by atoms with Crippen LogP contribution in [0.3, 0.4) is 0 Å². The van der Waals surface area contributed by atoms with Crippen molar-refractivity contribution in [1.82, 2.24) is 10.3 Å². The van der Waals surface area contributed by atoms with Crippen LogP contribution in [0, 0.1) is 5.82 Å². The summed E-state index contributed by atoms with van der Waals surface area (Å²) in [7, 11) is 1.94. The predicted molar refractivity (Wildman–Crippen MR) is 80.7 cm³/mol. The van der Waals surface area contributed by atoms with Crippen molar-refractivity contribution in [2.24, 2.45) is 0 Å². The first-order valence-corrected chi connectivity index (χ1v) is 6.86. The van der Waals surface area contributed by atoms with Crippen LogP contribution in [0.15, 0.2) is 42.6 Å². The van der Waals surface area contributed by atoms with Crippen molar-refractivity contribution in [3.8, 4) is 0 Å². The van der Waals surface area contributed by atoms with Gasteiger partial charge in [0, 0.05) is 31.0 Å². The van der Waals surface area contributed by atoms with E-state index in [1.54, 1.807) is 18.3 Å². The highest BCUT2D eigenvalue weighted by Gasteiger charge is 2.10. The van der Waals surface area contributed by atoms with Gasteiger partial charge in [0.05, 0.1) is 0 Å². The number of rotatable bonds is 6. The summed E-state index contributed by atoms with van der Waals surface area (Å²) in [6.07, 6.45) is 2.88. The Balaban J connectivity index is 2.20. The Bertz CT molecular complexity index is 540. The molecule has 1 heterocycles. The Hall–Kier alpha value is -1.94. The van der Waals surface area contributed by atoms with Crippen molar-refractivity contribution in [2.75, 3.05) is 18.5 Å². The fraction of sp³-hybridized carbons (Fsp3) is 0.312. The maximum Gasteiger partial charge on any atom is 0.137 e. The van der Waals surface area contributed by atoms with Crippen LogP contribution in [0.5, 0.6) is 0 Å². The molecule has 1 aromatic carbocycles. The minimum absolute atomic E-state index is 0.229. The summed E-state index contributed by atoms with van der Waals surface area (Å²) in [5, 5.41) is 3.38. The summed E-state index contributed by atoms with van der Waals surface area (Å²) in [6.45, 7) is 3.90. The highest BCUT2D eigenvalue weighted by atomic mass is 19.1. The van der Waals surface area contributed by atoms with Crippen LogP contribution in [-0.4, -0.2) is 18.6 Å². The minimum Gasteiger partial charge on any atom is -0.329 e. The normalized spacial score (nSPS) is 10.6. The highest BCUT2D eigenvalue weighted by Crippen LogP contribution is 2.24. The number of pyridine rings is 1. The van der Waals surface area contributed by atoms with Gasteiger partial charge in [0.15, 0.2) is 0 Å². The Kier molecular flexibility index (Phi) is 5.07. The number of anilines is 2. The SMILES string of the molecule is CCCNCc1cccnc1N(C)c1ccc(F)cc1. The molecule has 0 aliphatic heterocycles. The maximum atomic E-state index is 13.0. The van der Waals surface area contributed by atoms with E-state index in [1.807, 2.05) is 18.0 Å². The molecule has 1 aromatic heterocycles. The number of hydrogen-bond acceptors (Lipinski definition) is 3. The lowest BCUT2D eigenvalue weighted by Gasteiger charge is -2.21. The monoisotopic (exact) mass is 273 g/mol. The van der Waals surface area contributed by atoms with Gasteiger partial charge in [-0.1, -0.05) is 13.0 Å². The smallest absolute Gasteiger partial charge is 0.137 e. The number of benzene rings is 1. The second-order valence-corrected chi connectivity index (χ2v) is 4.70. The van der Waals surface area contributed by atoms with Crippen molar-refractivity contribution in [2.45, 2.75) is 19.9 Å². The minimum atomic E-state index is -0.229. The molecule has 3 nitrogen and oxygen atoms in total. The zero-order chi connectivity index (χ0) is 14.4. The molecule has 106 valence electrons. The molecule has 20 heavy (non-hydrogen) atoms. The van der Waals surface area contributed by atoms with Gasteiger partial charge in [-0.3, -0.25) is 0 Å². The van der Waals surface area contributed by atoms with Crippen LogP contribution in [0.4, 0.5) is 15.9 Å². The van der Waals surface area contributed by atoms with Crippen LogP contribution < -0.4 is 10.2 Å². The summed E-state index contributed by atoms with van der Waals surface area (Å²) in [4.78, 5) is 6.42. The zero-order valence-electron chi connectivity index (χ0n) is 11.9. The van der Waals surface area contributed by atoms with Crippen LogP contribution >= 0.6 is 0 Å². The summed E-state index contributed by atoms with van der Waals surface area (Å²) in [6, 6.07) is 10.4. The number of hydrogen-bond donors (Lipinski definition) is 1. The largest absolute Gasteiger partial charge is 0.329 e. The fourth-order valence-electron chi connectivity index (χ4n) is 2.06. The van der Waals surface area contributed by atoms with Gasteiger partial charge in [0.25, 0.3) is 0 Å². The molecule has 0 bridgehead atoms. The molecule has 0 atom stereocenters. The van der Waals surface area contributed by atoms with Crippen molar-refractivity contribution in [3.63, 3.8) is 0 Å². The molecule has 2 aromatic rings. The molecule has 2 rings (SSSR count). The van der Waals surface area contributed by atoms with E-state index in [1.165, 1.54) is 12.1 Å². The Labute approximate surface area is 119 Å². The number of halogens is 1. The first-order chi connectivity index (χ1) is 9.72. The average molecular weight is 273 g/mol. The number of nitrogens with zero attached hydrogens (tertiary/aromatic N) is 2. The second kappa shape index (κ2) is 7.01. The molecule has 4 heteroatoms. The molecule has 0 fully saturated rings. The molecule has 0 unspecified atom stereocenters. The third kappa shape index (κ3) is 3.54. The van der Waals surface area contributed by atoms with E-state index in [0.29, 0.717) is 0 Å². The lowest BCUT2D eigenvalue weighted by molar-refractivity contribution is 0.628. The molecule has 0 aliphatic carbocycles. The van der Waals surface area contributed by atoms with Crippen LogP contribution in [0.25, 0.3) is 0 Å². The van der Waals surface area contributed by atoms with Gasteiger partial charge in [-0.05, 0) is 43.3 Å². The Morgan fingerprint density at radius 2 is 1.95 bits per heavy atom. The number of nitrogens with one attached hydrogen (secondary N) is 1. The van der Waals surface area contributed by atoms with Gasteiger partial charge < -0.3 is 10.2 Å². The molecular formula is C16H20FN3. The molecule has 0 saturated heterocycles. The predicted octanol–water partition coefficient (Wildman–Crippen LogP) is 3.49.